The number of ether oxygens (including phenoxy) is 1. The number of carbonyl (C=O) groups excluding carboxylic acids is 1. The maximum absolute atomic E-state index is 12.1. The van der Waals surface area contributed by atoms with Gasteiger partial charge in [0.2, 0.25) is 0 Å². The van der Waals surface area contributed by atoms with Crippen LogP contribution >= 0.6 is 34.8 Å². The Morgan fingerprint density at radius 1 is 1.10 bits per heavy atom. The van der Waals surface area contributed by atoms with E-state index in [1.54, 1.807) is 12.1 Å². The summed E-state index contributed by atoms with van der Waals surface area (Å²) in [7, 11) is 0. The molecule has 1 spiro atoms. The second-order valence-corrected chi connectivity index (χ2v) is 7.06. The van der Waals surface area contributed by atoms with Crippen LogP contribution in [0.4, 0.5) is 5.69 Å². The first-order valence-corrected chi connectivity index (χ1v) is 8.26. The molecule has 21 heavy (non-hydrogen) atoms. The zero-order chi connectivity index (χ0) is 15.0. The zero-order valence-corrected chi connectivity index (χ0v) is 13.7. The fourth-order valence-corrected chi connectivity index (χ4v) is 4.17. The van der Waals surface area contributed by atoms with Crippen molar-refractivity contribution in [3.63, 3.8) is 0 Å². The largest absolute Gasteiger partial charge is 0.457 e. The van der Waals surface area contributed by atoms with Crippen molar-refractivity contribution < 1.29 is 9.53 Å². The maximum atomic E-state index is 12.1. The number of halogens is 3. The summed E-state index contributed by atoms with van der Waals surface area (Å²) in [5.41, 5.74) is 0.246. The van der Waals surface area contributed by atoms with Gasteiger partial charge in [0, 0.05) is 11.4 Å². The summed E-state index contributed by atoms with van der Waals surface area (Å²) in [5, 5.41) is 4.41. The van der Waals surface area contributed by atoms with Gasteiger partial charge in [-0.25, -0.2) is 4.79 Å². The van der Waals surface area contributed by atoms with Crippen molar-refractivity contribution >= 4 is 46.5 Å². The van der Waals surface area contributed by atoms with Crippen LogP contribution in [-0.4, -0.2) is 17.6 Å². The standard InChI is InChI=1S/C15H16Cl3NO2/c16-9-6-10(17)13(11(18)7-9)19-12-8-15(21-14(12)20)4-2-1-3-5-15/h6-7,12,19H,1-5,8H2. The molecule has 1 aromatic carbocycles. The van der Waals surface area contributed by atoms with Crippen LogP contribution in [0.5, 0.6) is 0 Å². The number of benzene rings is 1. The lowest BCUT2D eigenvalue weighted by Gasteiger charge is -2.31. The molecule has 2 aliphatic rings. The van der Waals surface area contributed by atoms with E-state index in [4.69, 9.17) is 39.5 Å². The van der Waals surface area contributed by atoms with E-state index in [1.165, 1.54) is 6.42 Å². The van der Waals surface area contributed by atoms with Gasteiger partial charge < -0.3 is 10.1 Å². The van der Waals surface area contributed by atoms with Crippen LogP contribution in [0.3, 0.4) is 0 Å². The molecule has 6 heteroatoms. The van der Waals surface area contributed by atoms with Crippen molar-refractivity contribution in [2.24, 2.45) is 0 Å². The molecular formula is C15H16Cl3NO2. The number of nitrogens with one attached hydrogen (secondary N) is 1. The Morgan fingerprint density at radius 3 is 2.33 bits per heavy atom. The van der Waals surface area contributed by atoms with E-state index in [9.17, 15) is 4.79 Å². The van der Waals surface area contributed by atoms with Gasteiger partial charge in [-0.15, -0.1) is 0 Å². The molecule has 1 aromatic rings. The molecule has 1 unspecified atom stereocenters. The second kappa shape index (κ2) is 5.86. The Labute approximate surface area is 138 Å². The van der Waals surface area contributed by atoms with Crippen LogP contribution in [0, 0.1) is 0 Å². The summed E-state index contributed by atoms with van der Waals surface area (Å²) >= 11 is 18.2. The van der Waals surface area contributed by atoms with Crippen LogP contribution in [-0.2, 0) is 9.53 Å². The minimum absolute atomic E-state index is 0.223. The molecule has 3 rings (SSSR count). The van der Waals surface area contributed by atoms with Crippen molar-refractivity contribution in [2.45, 2.75) is 50.2 Å². The topological polar surface area (TPSA) is 38.3 Å². The zero-order valence-electron chi connectivity index (χ0n) is 11.4. The lowest BCUT2D eigenvalue weighted by molar-refractivity contribution is -0.151. The molecule has 3 nitrogen and oxygen atoms in total. The average molecular weight is 349 g/mol. The molecule has 114 valence electrons. The monoisotopic (exact) mass is 347 g/mol. The number of carbonyl (C=O) groups is 1. The van der Waals surface area contributed by atoms with E-state index in [0.29, 0.717) is 27.2 Å². The molecular weight excluding hydrogens is 333 g/mol. The van der Waals surface area contributed by atoms with Gasteiger partial charge >= 0.3 is 5.97 Å². The lowest BCUT2D eigenvalue weighted by Crippen LogP contribution is -2.31. The smallest absolute Gasteiger partial charge is 0.329 e. The predicted octanol–water partition coefficient (Wildman–Crippen LogP) is 5.08. The molecule has 1 heterocycles. The first kappa shape index (κ1) is 15.3. The van der Waals surface area contributed by atoms with Gasteiger partial charge in [-0.05, 0) is 37.8 Å². The lowest BCUT2D eigenvalue weighted by atomic mass is 9.82. The van der Waals surface area contributed by atoms with E-state index >= 15 is 0 Å². The third-order valence-electron chi connectivity index (χ3n) is 4.27. The van der Waals surface area contributed by atoms with E-state index in [2.05, 4.69) is 5.32 Å². The van der Waals surface area contributed by atoms with Crippen LogP contribution < -0.4 is 5.32 Å². The Kier molecular flexibility index (Phi) is 4.26. The predicted molar refractivity (Wildman–Crippen MR) is 85.4 cm³/mol. The van der Waals surface area contributed by atoms with Crippen molar-refractivity contribution in [1.82, 2.24) is 0 Å². The van der Waals surface area contributed by atoms with Gasteiger partial charge in [0.25, 0.3) is 0 Å². The number of hydrogen-bond acceptors (Lipinski definition) is 3. The fraction of sp³-hybridized carbons (Fsp3) is 0.533. The van der Waals surface area contributed by atoms with E-state index in [1.807, 2.05) is 0 Å². The SMILES string of the molecule is O=C1OC2(CCCCC2)CC1Nc1c(Cl)cc(Cl)cc1Cl. The third-order valence-corrected chi connectivity index (χ3v) is 5.08. The quantitative estimate of drug-likeness (QED) is 0.758. The molecule has 1 atom stereocenters. The van der Waals surface area contributed by atoms with Crippen molar-refractivity contribution in [3.05, 3.63) is 27.2 Å². The molecule has 0 aromatic heterocycles. The molecule has 1 saturated heterocycles. The van der Waals surface area contributed by atoms with Crippen LogP contribution in [0.1, 0.15) is 38.5 Å². The van der Waals surface area contributed by atoms with E-state index in [0.717, 1.165) is 25.7 Å². The fourth-order valence-electron chi connectivity index (χ4n) is 3.25. The Hall–Kier alpha value is -0.640. The molecule has 2 fully saturated rings. The molecule has 0 bridgehead atoms. The Morgan fingerprint density at radius 2 is 1.71 bits per heavy atom. The molecule has 0 amide bonds. The third kappa shape index (κ3) is 3.10. The highest BCUT2D eigenvalue weighted by Crippen LogP contribution is 2.42. The Balaban J connectivity index is 1.78. The molecule has 1 aliphatic heterocycles. The highest BCUT2D eigenvalue weighted by atomic mass is 35.5. The molecule has 1 saturated carbocycles. The summed E-state index contributed by atoms with van der Waals surface area (Å²) < 4.78 is 5.66. The van der Waals surface area contributed by atoms with E-state index < -0.39 is 6.04 Å². The van der Waals surface area contributed by atoms with Gasteiger partial charge in [-0.3, -0.25) is 0 Å². The highest BCUT2D eigenvalue weighted by molar-refractivity contribution is 6.41. The maximum Gasteiger partial charge on any atom is 0.329 e. The van der Waals surface area contributed by atoms with Gasteiger partial charge in [-0.1, -0.05) is 41.2 Å². The first-order valence-electron chi connectivity index (χ1n) is 7.13. The van der Waals surface area contributed by atoms with Gasteiger partial charge in [0.15, 0.2) is 0 Å². The highest BCUT2D eigenvalue weighted by Gasteiger charge is 2.47. The number of rotatable bonds is 2. The summed E-state index contributed by atoms with van der Waals surface area (Å²) in [4.78, 5) is 12.1. The summed E-state index contributed by atoms with van der Waals surface area (Å²) in [6.07, 6.45) is 6.00. The van der Waals surface area contributed by atoms with Gasteiger partial charge in [0.1, 0.15) is 11.6 Å². The van der Waals surface area contributed by atoms with Crippen molar-refractivity contribution in [1.29, 1.82) is 0 Å². The van der Waals surface area contributed by atoms with Crippen molar-refractivity contribution in [3.8, 4) is 0 Å². The summed E-state index contributed by atoms with van der Waals surface area (Å²) in [6.45, 7) is 0. The number of esters is 1. The van der Waals surface area contributed by atoms with Gasteiger partial charge in [-0.2, -0.15) is 0 Å². The van der Waals surface area contributed by atoms with E-state index in [-0.39, 0.29) is 11.6 Å². The normalized spacial score (nSPS) is 24.1. The summed E-state index contributed by atoms with van der Waals surface area (Å²) in [5.74, 6) is -0.223. The van der Waals surface area contributed by atoms with Crippen LogP contribution in [0.15, 0.2) is 12.1 Å². The second-order valence-electron chi connectivity index (χ2n) is 5.81. The molecule has 1 aliphatic carbocycles. The average Bonchev–Trinajstić information content (AvgIpc) is 2.70. The number of hydrogen-bond donors (Lipinski definition) is 1. The molecule has 0 radical (unpaired) electrons. The first-order chi connectivity index (χ1) is 9.99. The van der Waals surface area contributed by atoms with Crippen LogP contribution in [0.2, 0.25) is 15.1 Å². The minimum Gasteiger partial charge on any atom is -0.457 e. The number of anilines is 1. The summed E-state index contributed by atoms with van der Waals surface area (Å²) in [6, 6.07) is 2.81. The molecule has 1 N–H and O–H groups in total. The van der Waals surface area contributed by atoms with Gasteiger partial charge in [0.05, 0.1) is 15.7 Å². The van der Waals surface area contributed by atoms with Crippen molar-refractivity contribution in [2.75, 3.05) is 5.32 Å². The Bertz CT molecular complexity index is 547. The van der Waals surface area contributed by atoms with Crippen LogP contribution in [0.25, 0.3) is 0 Å². The minimum atomic E-state index is -0.403.